The van der Waals surface area contributed by atoms with Gasteiger partial charge < -0.3 is 10.4 Å². The molecule has 0 aliphatic heterocycles. The molecule has 1 rings (SSSR count). The Labute approximate surface area is 115 Å². The van der Waals surface area contributed by atoms with Crippen LogP contribution in [0.4, 0.5) is 5.69 Å². The van der Waals surface area contributed by atoms with Crippen molar-refractivity contribution in [2.75, 3.05) is 11.9 Å². The van der Waals surface area contributed by atoms with E-state index < -0.39 is 0 Å². The van der Waals surface area contributed by atoms with Crippen molar-refractivity contribution in [2.45, 2.75) is 26.4 Å². The van der Waals surface area contributed by atoms with E-state index in [9.17, 15) is 9.90 Å². The lowest BCUT2D eigenvalue weighted by Crippen LogP contribution is -2.31. The quantitative estimate of drug-likeness (QED) is 0.783. The fraction of sp³-hybridized carbons (Fsp3) is 0.500. The SMILES string of the molecule is C=CCn1ncc(N[C@H](CO)C(C)C)c(Br)c1=O. The van der Waals surface area contributed by atoms with Gasteiger partial charge in [-0.1, -0.05) is 19.9 Å². The molecule has 0 amide bonds. The summed E-state index contributed by atoms with van der Waals surface area (Å²) in [5.74, 6) is 0.248. The maximum absolute atomic E-state index is 11.9. The van der Waals surface area contributed by atoms with Gasteiger partial charge in [0.1, 0.15) is 4.47 Å². The van der Waals surface area contributed by atoms with Crippen LogP contribution < -0.4 is 10.9 Å². The van der Waals surface area contributed by atoms with Gasteiger partial charge in [-0.2, -0.15) is 5.10 Å². The Morgan fingerprint density at radius 2 is 2.33 bits per heavy atom. The molecule has 0 unspecified atom stereocenters. The van der Waals surface area contributed by atoms with Gasteiger partial charge in [-0.05, 0) is 21.8 Å². The van der Waals surface area contributed by atoms with E-state index in [1.54, 1.807) is 12.3 Å². The van der Waals surface area contributed by atoms with Crippen LogP contribution in [0.5, 0.6) is 0 Å². The van der Waals surface area contributed by atoms with Gasteiger partial charge in [0, 0.05) is 0 Å². The molecule has 2 N–H and O–H groups in total. The molecule has 1 heterocycles. The van der Waals surface area contributed by atoms with Crippen molar-refractivity contribution in [2.24, 2.45) is 5.92 Å². The molecular weight excluding hydrogens is 298 g/mol. The zero-order valence-electron chi connectivity index (χ0n) is 10.6. The first kappa shape index (κ1) is 14.9. The molecule has 0 bridgehead atoms. The number of nitrogens with one attached hydrogen (secondary N) is 1. The minimum atomic E-state index is -0.222. The number of aliphatic hydroxyl groups is 1. The lowest BCUT2D eigenvalue weighted by atomic mass is 10.1. The Bertz CT molecular complexity index is 471. The molecule has 0 saturated heterocycles. The second kappa shape index (κ2) is 6.70. The summed E-state index contributed by atoms with van der Waals surface area (Å²) in [6.45, 7) is 7.92. The minimum absolute atomic E-state index is 0.000150. The normalized spacial score (nSPS) is 12.5. The molecule has 0 aromatic carbocycles. The highest BCUT2D eigenvalue weighted by atomic mass is 79.9. The zero-order chi connectivity index (χ0) is 13.7. The summed E-state index contributed by atoms with van der Waals surface area (Å²) in [6.07, 6.45) is 3.18. The third-order valence-corrected chi connectivity index (χ3v) is 3.40. The maximum Gasteiger partial charge on any atom is 0.283 e. The molecule has 6 heteroatoms. The van der Waals surface area contributed by atoms with Crippen molar-refractivity contribution in [1.82, 2.24) is 9.78 Å². The van der Waals surface area contributed by atoms with Crippen molar-refractivity contribution in [3.63, 3.8) is 0 Å². The largest absolute Gasteiger partial charge is 0.394 e. The topological polar surface area (TPSA) is 67.2 Å². The van der Waals surface area contributed by atoms with E-state index >= 15 is 0 Å². The molecule has 0 saturated carbocycles. The van der Waals surface area contributed by atoms with Crippen molar-refractivity contribution >= 4 is 21.6 Å². The molecular formula is C12H18BrN3O2. The van der Waals surface area contributed by atoms with Crippen LogP contribution in [0.15, 0.2) is 28.1 Å². The Morgan fingerprint density at radius 3 is 2.83 bits per heavy atom. The number of aromatic nitrogens is 2. The number of aliphatic hydroxyl groups excluding tert-OH is 1. The standard InChI is InChI=1S/C12H18BrN3O2/c1-4-5-16-12(18)11(13)9(6-14-16)15-10(7-17)8(2)3/h4,6,8,10,15,17H,1,5,7H2,2-3H3/t10-/m1/s1. The first-order valence-electron chi connectivity index (χ1n) is 5.75. The third-order valence-electron chi connectivity index (χ3n) is 2.63. The predicted molar refractivity (Wildman–Crippen MR) is 75.7 cm³/mol. The van der Waals surface area contributed by atoms with E-state index in [0.29, 0.717) is 16.7 Å². The number of nitrogens with zero attached hydrogens (tertiary/aromatic N) is 2. The number of halogens is 1. The van der Waals surface area contributed by atoms with Gasteiger partial charge in [0.15, 0.2) is 0 Å². The monoisotopic (exact) mass is 315 g/mol. The lowest BCUT2D eigenvalue weighted by molar-refractivity contribution is 0.249. The predicted octanol–water partition coefficient (Wildman–Crippen LogP) is 1.62. The molecule has 0 spiro atoms. The second-order valence-electron chi connectivity index (χ2n) is 4.33. The average molecular weight is 316 g/mol. The van der Waals surface area contributed by atoms with Gasteiger partial charge in [-0.3, -0.25) is 4.79 Å². The lowest BCUT2D eigenvalue weighted by Gasteiger charge is -2.21. The van der Waals surface area contributed by atoms with Gasteiger partial charge in [0.2, 0.25) is 0 Å². The summed E-state index contributed by atoms with van der Waals surface area (Å²) >= 11 is 3.26. The van der Waals surface area contributed by atoms with Gasteiger partial charge in [-0.25, -0.2) is 4.68 Å². The number of hydrogen-bond acceptors (Lipinski definition) is 4. The van der Waals surface area contributed by atoms with Crippen LogP contribution in [-0.2, 0) is 6.54 Å². The van der Waals surface area contributed by atoms with Crippen LogP contribution in [0.3, 0.4) is 0 Å². The van der Waals surface area contributed by atoms with E-state index in [1.165, 1.54) is 4.68 Å². The Morgan fingerprint density at radius 1 is 1.67 bits per heavy atom. The van der Waals surface area contributed by atoms with Crippen LogP contribution in [0.25, 0.3) is 0 Å². The number of hydrogen-bond donors (Lipinski definition) is 2. The van der Waals surface area contributed by atoms with Gasteiger partial charge in [-0.15, -0.1) is 6.58 Å². The number of rotatable bonds is 6. The molecule has 0 aliphatic carbocycles. The first-order valence-corrected chi connectivity index (χ1v) is 6.54. The van der Waals surface area contributed by atoms with Crippen molar-refractivity contribution in [3.05, 3.63) is 33.7 Å². The van der Waals surface area contributed by atoms with Crippen LogP contribution in [0, 0.1) is 5.92 Å². The average Bonchev–Trinajstić information content (AvgIpc) is 2.34. The second-order valence-corrected chi connectivity index (χ2v) is 5.12. The summed E-state index contributed by atoms with van der Waals surface area (Å²) in [6, 6.07) is -0.113. The molecule has 0 radical (unpaired) electrons. The van der Waals surface area contributed by atoms with Gasteiger partial charge in [0.25, 0.3) is 5.56 Å². The summed E-state index contributed by atoms with van der Waals surface area (Å²) < 4.78 is 1.73. The van der Waals surface area contributed by atoms with Crippen molar-refractivity contribution in [1.29, 1.82) is 0 Å². The van der Waals surface area contributed by atoms with E-state index in [1.807, 2.05) is 13.8 Å². The Kier molecular flexibility index (Phi) is 5.55. The van der Waals surface area contributed by atoms with Gasteiger partial charge in [0.05, 0.1) is 31.1 Å². The highest BCUT2D eigenvalue weighted by Gasteiger charge is 2.15. The maximum atomic E-state index is 11.9. The van der Waals surface area contributed by atoms with E-state index in [2.05, 4.69) is 32.9 Å². The molecule has 100 valence electrons. The van der Waals surface area contributed by atoms with E-state index in [0.717, 1.165) is 0 Å². The molecule has 0 aliphatic rings. The first-order chi connectivity index (χ1) is 8.51. The van der Waals surface area contributed by atoms with Crippen molar-refractivity contribution < 1.29 is 5.11 Å². The number of anilines is 1. The molecule has 5 nitrogen and oxygen atoms in total. The third kappa shape index (κ3) is 3.43. The smallest absolute Gasteiger partial charge is 0.283 e. The number of allylic oxidation sites excluding steroid dienone is 1. The van der Waals surface area contributed by atoms with E-state index in [-0.39, 0.29) is 24.1 Å². The summed E-state index contributed by atoms with van der Waals surface area (Å²) in [5, 5.41) is 16.4. The highest BCUT2D eigenvalue weighted by molar-refractivity contribution is 9.10. The summed E-state index contributed by atoms with van der Waals surface area (Å²) in [5.41, 5.74) is 0.369. The Balaban J connectivity index is 3.01. The zero-order valence-corrected chi connectivity index (χ0v) is 12.1. The molecule has 1 atom stereocenters. The van der Waals surface area contributed by atoms with Crippen LogP contribution in [0.2, 0.25) is 0 Å². The van der Waals surface area contributed by atoms with Gasteiger partial charge >= 0.3 is 0 Å². The van der Waals surface area contributed by atoms with Crippen LogP contribution in [-0.4, -0.2) is 27.5 Å². The molecule has 1 aromatic heterocycles. The van der Waals surface area contributed by atoms with Crippen LogP contribution >= 0.6 is 15.9 Å². The minimum Gasteiger partial charge on any atom is -0.394 e. The van der Waals surface area contributed by atoms with Crippen LogP contribution in [0.1, 0.15) is 13.8 Å². The van der Waals surface area contributed by atoms with Crippen molar-refractivity contribution in [3.8, 4) is 0 Å². The molecule has 18 heavy (non-hydrogen) atoms. The fourth-order valence-corrected chi connectivity index (χ4v) is 1.86. The highest BCUT2D eigenvalue weighted by Crippen LogP contribution is 2.19. The molecule has 1 aromatic rings. The summed E-state index contributed by atoms with van der Waals surface area (Å²) in [4.78, 5) is 11.9. The Hall–Kier alpha value is -1.14. The van der Waals surface area contributed by atoms with E-state index in [4.69, 9.17) is 0 Å². The molecule has 0 fully saturated rings. The summed E-state index contributed by atoms with van der Waals surface area (Å²) in [7, 11) is 0. The fourth-order valence-electron chi connectivity index (χ4n) is 1.44.